The number of amides is 1. The molecule has 2 N–H and O–H groups in total. The van der Waals surface area contributed by atoms with E-state index < -0.39 is 11.8 Å². The van der Waals surface area contributed by atoms with E-state index in [4.69, 9.17) is 0 Å². The molecule has 1 aliphatic carbocycles. The summed E-state index contributed by atoms with van der Waals surface area (Å²) in [6.45, 7) is 6.36. The van der Waals surface area contributed by atoms with E-state index in [1.807, 2.05) is 24.3 Å². The van der Waals surface area contributed by atoms with Crippen LogP contribution < -0.4 is 5.32 Å². The van der Waals surface area contributed by atoms with E-state index >= 15 is 0 Å². The lowest BCUT2D eigenvalue weighted by Gasteiger charge is -2.29. The molecule has 2 unspecified atom stereocenters. The van der Waals surface area contributed by atoms with E-state index in [0.29, 0.717) is 5.56 Å². The van der Waals surface area contributed by atoms with Crippen LogP contribution in [0.25, 0.3) is 0 Å². The fraction of sp³-hybridized carbons (Fsp3) is 0.429. The number of H-pyrrole nitrogens is 1. The lowest BCUT2D eigenvalue weighted by molar-refractivity contribution is -0.123. The summed E-state index contributed by atoms with van der Waals surface area (Å²) in [7, 11) is 0. The Morgan fingerprint density at radius 2 is 1.75 bits per heavy atom. The van der Waals surface area contributed by atoms with Gasteiger partial charge in [-0.2, -0.15) is 5.26 Å². The fourth-order valence-corrected chi connectivity index (χ4v) is 4.88. The average Bonchev–Trinajstić information content (AvgIpc) is 3.42. The van der Waals surface area contributed by atoms with Gasteiger partial charge in [-0.3, -0.25) is 14.6 Å². The number of carbonyl (C=O) groups excluding carboxylic acids is 2. The SMILES string of the molecule is CC(C)(C)c1ccc(C(C(=O)c2cnc[nH]2)C(C(=O)NC2CCCCC2)c2nccnc2C#N)cc1. The number of ketones is 1. The van der Waals surface area contributed by atoms with Gasteiger partial charge in [0.25, 0.3) is 0 Å². The van der Waals surface area contributed by atoms with Crippen molar-refractivity contribution in [3.05, 3.63) is 77.4 Å². The Bertz CT molecular complexity index is 1230. The van der Waals surface area contributed by atoms with E-state index in [1.54, 1.807) is 0 Å². The molecular formula is C28H32N6O2. The minimum Gasteiger partial charge on any atom is -0.353 e. The van der Waals surface area contributed by atoms with Gasteiger partial charge in [0, 0.05) is 18.4 Å². The largest absolute Gasteiger partial charge is 0.353 e. The van der Waals surface area contributed by atoms with Crippen LogP contribution in [0.15, 0.2) is 49.2 Å². The molecule has 0 radical (unpaired) electrons. The summed E-state index contributed by atoms with van der Waals surface area (Å²) < 4.78 is 0. The quantitative estimate of drug-likeness (QED) is 0.474. The Balaban J connectivity index is 1.84. The number of nitriles is 1. The van der Waals surface area contributed by atoms with E-state index in [9.17, 15) is 14.9 Å². The monoisotopic (exact) mass is 484 g/mol. The zero-order valence-corrected chi connectivity index (χ0v) is 21.0. The summed E-state index contributed by atoms with van der Waals surface area (Å²) in [6.07, 6.45) is 10.8. The number of imidazole rings is 1. The topological polar surface area (TPSA) is 124 Å². The molecule has 36 heavy (non-hydrogen) atoms. The van der Waals surface area contributed by atoms with Crippen molar-refractivity contribution >= 4 is 11.7 Å². The molecule has 2 aromatic heterocycles. The maximum absolute atomic E-state index is 13.9. The minimum absolute atomic E-state index is 0.0298. The van der Waals surface area contributed by atoms with Gasteiger partial charge in [-0.15, -0.1) is 0 Å². The first-order valence-corrected chi connectivity index (χ1v) is 12.4. The smallest absolute Gasteiger partial charge is 0.230 e. The predicted octanol–water partition coefficient (Wildman–Crippen LogP) is 4.57. The van der Waals surface area contributed by atoms with Gasteiger partial charge >= 0.3 is 0 Å². The van der Waals surface area contributed by atoms with Crippen LogP contribution in [-0.4, -0.2) is 37.7 Å². The number of Topliss-reactive ketones (excluding diaryl/α,β-unsaturated/α-hetero) is 1. The number of aromatic nitrogens is 4. The normalized spacial score (nSPS) is 16.1. The summed E-state index contributed by atoms with van der Waals surface area (Å²) >= 11 is 0. The number of rotatable bonds is 7. The summed E-state index contributed by atoms with van der Waals surface area (Å²) in [5, 5.41) is 12.9. The first-order chi connectivity index (χ1) is 17.3. The predicted molar refractivity (Wildman–Crippen MR) is 135 cm³/mol. The van der Waals surface area contributed by atoms with Crippen LogP contribution in [0.2, 0.25) is 0 Å². The Morgan fingerprint density at radius 1 is 1.06 bits per heavy atom. The molecule has 186 valence electrons. The van der Waals surface area contributed by atoms with Crippen molar-refractivity contribution in [3.8, 4) is 6.07 Å². The molecule has 1 saturated carbocycles. The lowest BCUT2D eigenvalue weighted by Crippen LogP contribution is -2.42. The number of aromatic amines is 1. The highest BCUT2D eigenvalue weighted by Gasteiger charge is 2.40. The van der Waals surface area contributed by atoms with Gasteiger partial charge in [0.2, 0.25) is 5.91 Å². The molecular weight excluding hydrogens is 452 g/mol. The highest BCUT2D eigenvalue weighted by atomic mass is 16.2. The summed E-state index contributed by atoms with van der Waals surface area (Å²) in [4.78, 5) is 43.3. The Kier molecular flexibility index (Phi) is 7.58. The number of benzene rings is 1. The van der Waals surface area contributed by atoms with Crippen LogP contribution in [0.5, 0.6) is 0 Å². The summed E-state index contributed by atoms with van der Waals surface area (Å²) in [5.41, 5.74) is 2.23. The molecule has 8 nitrogen and oxygen atoms in total. The standard InChI is InChI=1S/C28H32N6O2/c1-28(2,3)19-11-9-18(10-12-19)23(26(35)22-16-30-17-33-22)24(25-21(15-29)31-13-14-32-25)27(36)34-20-7-5-4-6-8-20/h9-14,16-17,20,23-24H,4-8H2,1-3H3,(H,30,33)(H,34,36). The van der Waals surface area contributed by atoms with Crippen molar-refractivity contribution in [1.82, 2.24) is 25.3 Å². The highest BCUT2D eigenvalue weighted by molar-refractivity contribution is 6.04. The zero-order valence-electron chi connectivity index (χ0n) is 21.0. The molecule has 0 spiro atoms. The van der Waals surface area contributed by atoms with Crippen LogP contribution in [0, 0.1) is 11.3 Å². The van der Waals surface area contributed by atoms with Crippen molar-refractivity contribution in [1.29, 1.82) is 5.26 Å². The Morgan fingerprint density at radius 3 is 2.36 bits per heavy atom. The second kappa shape index (κ2) is 10.8. The third-order valence-corrected chi connectivity index (χ3v) is 6.88. The molecule has 8 heteroatoms. The maximum atomic E-state index is 13.9. The maximum Gasteiger partial charge on any atom is 0.230 e. The van der Waals surface area contributed by atoms with E-state index in [1.165, 1.54) is 24.9 Å². The van der Waals surface area contributed by atoms with Gasteiger partial charge in [-0.05, 0) is 29.4 Å². The fourth-order valence-electron chi connectivity index (χ4n) is 4.88. The molecule has 3 aromatic rings. The van der Waals surface area contributed by atoms with Crippen LogP contribution in [0.1, 0.15) is 97.7 Å². The second-order valence-electron chi connectivity index (χ2n) is 10.4. The summed E-state index contributed by atoms with van der Waals surface area (Å²) in [6, 6.07) is 9.84. The molecule has 4 rings (SSSR count). The van der Waals surface area contributed by atoms with Crippen molar-refractivity contribution in [2.45, 2.75) is 76.2 Å². The van der Waals surface area contributed by atoms with Gasteiger partial charge in [0.1, 0.15) is 11.8 Å². The molecule has 1 fully saturated rings. The lowest BCUT2D eigenvalue weighted by atomic mass is 9.77. The molecule has 1 amide bonds. The van der Waals surface area contributed by atoms with Crippen molar-refractivity contribution < 1.29 is 9.59 Å². The van der Waals surface area contributed by atoms with Gasteiger partial charge in [0.15, 0.2) is 11.5 Å². The Labute approximate surface area is 211 Å². The first kappa shape index (κ1) is 25.2. The molecule has 2 atom stereocenters. The molecule has 0 aliphatic heterocycles. The number of carbonyl (C=O) groups is 2. The van der Waals surface area contributed by atoms with E-state index in [2.05, 4.69) is 52.1 Å². The van der Waals surface area contributed by atoms with Gasteiger partial charge in [-0.1, -0.05) is 64.3 Å². The molecule has 1 aliphatic rings. The second-order valence-corrected chi connectivity index (χ2v) is 10.4. The molecule has 1 aromatic carbocycles. The third kappa shape index (κ3) is 5.51. The highest BCUT2D eigenvalue weighted by Crippen LogP contribution is 2.37. The number of nitrogens with one attached hydrogen (secondary N) is 2. The first-order valence-electron chi connectivity index (χ1n) is 12.4. The van der Waals surface area contributed by atoms with Crippen molar-refractivity contribution in [2.24, 2.45) is 0 Å². The number of nitrogens with zero attached hydrogens (tertiary/aromatic N) is 4. The van der Waals surface area contributed by atoms with Crippen LogP contribution in [0.3, 0.4) is 0 Å². The van der Waals surface area contributed by atoms with Gasteiger partial charge < -0.3 is 10.3 Å². The van der Waals surface area contributed by atoms with E-state index in [-0.39, 0.29) is 40.2 Å². The minimum atomic E-state index is -1.04. The van der Waals surface area contributed by atoms with Gasteiger partial charge in [0.05, 0.1) is 30.1 Å². The number of hydrogen-bond acceptors (Lipinski definition) is 6. The van der Waals surface area contributed by atoms with E-state index in [0.717, 1.165) is 37.7 Å². The van der Waals surface area contributed by atoms with Crippen LogP contribution in [-0.2, 0) is 10.2 Å². The van der Waals surface area contributed by atoms with Crippen molar-refractivity contribution in [2.75, 3.05) is 0 Å². The summed E-state index contributed by atoms with van der Waals surface area (Å²) in [5.74, 6) is -2.58. The molecule has 0 saturated heterocycles. The van der Waals surface area contributed by atoms with Crippen LogP contribution >= 0.6 is 0 Å². The van der Waals surface area contributed by atoms with Crippen LogP contribution in [0.4, 0.5) is 0 Å². The third-order valence-electron chi connectivity index (χ3n) is 6.88. The number of hydrogen-bond donors (Lipinski definition) is 2. The van der Waals surface area contributed by atoms with Gasteiger partial charge in [-0.25, -0.2) is 9.97 Å². The molecule has 2 heterocycles. The average molecular weight is 485 g/mol. The molecule has 0 bridgehead atoms. The zero-order chi connectivity index (χ0) is 25.7. The Hall–Kier alpha value is -3.86. The van der Waals surface area contributed by atoms with Crippen molar-refractivity contribution in [3.63, 3.8) is 0 Å².